The molecular formula is C17H25N5O3. The number of amides is 1. The summed E-state index contributed by atoms with van der Waals surface area (Å²) in [5, 5.41) is 0. The minimum Gasteiger partial charge on any atom is -0.381 e. The molecule has 1 aromatic heterocycles. The van der Waals surface area contributed by atoms with Gasteiger partial charge in [-0.1, -0.05) is 0 Å². The Kier molecular flexibility index (Phi) is 4.98. The molecule has 0 saturated carbocycles. The first kappa shape index (κ1) is 16.5. The highest BCUT2D eigenvalue weighted by molar-refractivity contribution is 5.79. The van der Waals surface area contributed by atoms with E-state index in [0.29, 0.717) is 13.2 Å². The first-order chi connectivity index (χ1) is 12.3. The average Bonchev–Trinajstić information content (AvgIpc) is 3.23. The lowest BCUT2D eigenvalue weighted by Gasteiger charge is -2.36. The van der Waals surface area contributed by atoms with Crippen LogP contribution >= 0.6 is 0 Å². The second-order valence-electron chi connectivity index (χ2n) is 6.71. The highest BCUT2D eigenvalue weighted by Gasteiger charge is 2.30. The van der Waals surface area contributed by atoms with Gasteiger partial charge in [-0.25, -0.2) is 9.97 Å². The first-order valence-electron chi connectivity index (χ1n) is 9.07. The fourth-order valence-corrected chi connectivity index (χ4v) is 3.62. The van der Waals surface area contributed by atoms with E-state index in [1.807, 2.05) is 11.0 Å². The summed E-state index contributed by atoms with van der Waals surface area (Å²) in [6.45, 7) is 7.59. The van der Waals surface area contributed by atoms with Crippen LogP contribution in [0.3, 0.4) is 0 Å². The third-order valence-electron chi connectivity index (χ3n) is 5.17. The summed E-state index contributed by atoms with van der Waals surface area (Å²) in [6.07, 6.45) is 2.49. The molecule has 4 heterocycles. The minimum atomic E-state index is 0.0542. The SMILES string of the molecule is O=C(C1CCOC1)N1CCN(c2cc(N3CCOCC3)ncn2)CC1. The van der Waals surface area contributed by atoms with E-state index < -0.39 is 0 Å². The van der Waals surface area contributed by atoms with Crippen LogP contribution in [0.15, 0.2) is 12.4 Å². The summed E-state index contributed by atoms with van der Waals surface area (Å²) < 4.78 is 10.7. The molecule has 0 radical (unpaired) electrons. The van der Waals surface area contributed by atoms with Crippen molar-refractivity contribution < 1.29 is 14.3 Å². The van der Waals surface area contributed by atoms with E-state index in [4.69, 9.17) is 9.47 Å². The van der Waals surface area contributed by atoms with Gasteiger partial charge in [0.2, 0.25) is 5.91 Å². The van der Waals surface area contributed by atoms with Crippen LogP contribution < -0.4 is 9.80 Å². The lowest BCUT2D eigenvalue weighted by atomic mass is 10.1. The van der Waals surface area contributed by atoms with Gasteiger partial charge in [0.05, 0.1) is 25.7 Å². The van der Waals surface area contributed by atoms with Crippen LogP contribution in [-0.2, 0) is 14.3 Å². The van der Waals surface area contributed by atoms with Gasteiger partial charge in [-0.3, -0.25) is 4.79 Å². The summed E-state index contributed by atoms with van der Waals surface area (Å²) in [7, 11) is 0. The van der Waals surface area contributed by atoms with Gasteiger partial charge in [-0.05, 0) is 6.42 Å². The first-order valence-corrected chi connectivity index (χ1v) is 9.07. The van der Waals surface area contributed by atoms with Crippen molar-refractivity contribution in [2.75, 3.05) is 75.5 Å². The summed E-state index contributed by atoms with van der Waals surface area (Å²) in [5.74, 6) is 2.19. The van der Waals surface area contributed by atoms with Crippen LogP contribution in [0, 0.1) is 5.92 Å². The van der Waals surface area contributed by atoms with Crippen LogP contribution in [0.5, 0.6) is 0 Å². The fraction of sp³-hybridized carbons (Fsp3) is 0.706. The van der Waals surface area contributed by atoms with Crippen LogP contribution in [-0.4, -0.2) is 86.5 Å². The molecule has 0 aromatic carbocycles. The van der Waals surface area contributed by atoms with Crippen molar-refractivity contribution in [1.29, 1.82) is 0 Å². The van der Waals surface area contributed by atoms with Gasteiger partial charge in [0.25, 0.3) is 0 Å². The molecule has 1 amide bonds. The molecule has 3 aliphatic rings. The Morgan fingerprint density at radius 1 is 0.920 bits per heavy atom. The van der Waals surface area contributed by atoms with E-state index in [1.165, 1.54) is 0 Å². The number of nitrogens with zero attached hydrogens (tertiary/aromatic N) is 5. The summed E-state index contributed by atoms with van der Waals surface area (Å²) in [5.41, 5.74) is 0. The molecule has 0 bridgehead atoms. The Bertz CT molecular complexity index is 594. The van der Waals surface area contributed by atoms with Gasteiger partial charge in [0.15, 0.2) is 0 Å². The zero-order valence-electron chi connectivity index (χ0n) is 14.5. The number of aromatic nitrogens is 2. The van der Waals surface area contributed by atoms with Gasteiger partial charge in [0.1, 0.15) is 18.0 Å². The Morgan fingerprint density at radius 2 is 1.60 bits per heavy atom. The van der Waals surface area contributed by atoms with E-state index in [0.717, 1.165) is 70.5 Å². The molecule has 1 unspecified atom stereocenters. The van der Waals surface area contributed by atoms with Crippen LogP contribution in [0.2, 0.25) is 0 Å². The normalized spacial score (nSPS) is 24.6. The number of hydrogen-bond acceptors (Lipinski definition) is 7. The highest BCUT2D eigenvalue weighted by atomic mass is 16.5. The summed E-state index contributed by atoms with van der Waals surface area (Å²) in [4.78, 5) is 27.8. The Balaban J connectivity index is 1.36. The largest absolute Gasteiger partial charge is 0.381 e. The number of ether oxygens (including phenoxy) is 2. The highest BCUT2D eigenvalue weighted by Crippen LogP contribution is 2.21. The van der Waals surface area contributed by atoms with Crippen molar-refractivity contribution >= 4 is 17.5 Å². The van der Waals surface area contributed by atoms with Crippen molar-refractivity contribution in [2.45, 2.75) is 6.42 Å². The lowest BCUT2D eigenvalue weighted by Crippen LogP contribution is -2.50. The molecule has 3 fully saturated rings. The van der Waals surface area contributed by atoms with Crippen molar-refractivity contribution in [3.63, 3.8) is 0 Å². The molecule has 0 N–H and O–H groups in total. The zero-order chi connectivity index (χ0) is 17.1. The third-order valence-corrected chi connectivity index (χ3v) is 5.17. The van der Waals surface area contributed by atoms with Crippen LogP contribution in [0.25, 0.3) is 0 Å². The van der Waals surface area contributed by atoms with Crippen molar-refractivity contribution in [3.8, 4) is 0 Å². The lowest BCUT2D eigenvalue weighted by molar-refractivity contribution is -0.135. The molecule has 0 spiro atoms. The maximum absolute atomic E-state index is 12.5. The number of morpholine rings is 1. The van der Waals surface area contributed by atoms with E-state index in [-0.39, 0.29) is 11.8 Å². The monoisotopic (exact) mass is 347 g/mol. The van der Waals surface area contributed by atoms with Gasteiger partial charge in [-0.15, -0.1) is 0 Å². The molecule has 8 nitrogen and oxygen atoms in total. The Morgan fingerprint density at radius 3 is 2.24 bits per heavy atom. The number of hydrogen-bond donors (Lipinski definition) is 0. The molecule has 136 valence electrons. The average molecular weight is 347 g/mol. The zero-order valence-corrected chi connectivity index (χ0v) is 14.5. The summed E-state index contributed by atoms with van der Waals surface area (Å²) >= 11 is 0. The predicted octanol–water partition coefficient (Wildman–Crippen LogP) is -0.00170. The molecule has 3 saturated heterocycles. The number of anilines is 2. The molecule has 3 aliphatic heterocycles. The van der Waals surface area contributed by atoms with E-state index in [1.54, 1.807) is 6.33 Å². The molecule has 8 heteroatoms. The van der Waals surface area contributed by atoms with Crippen molar-refractivity contribution in [1.82, 2.24) is 14.9 Å². The Labute approximate surface area is 147 Å². The number of rotatable bonds is 3. The fourth-order valence-electron chi connectivity index (χ4n) is 3.62. The third kappa shape index (κ3) is 3.69. The second-order valence-corrected chi connectivity index (χ2v) is 6.71. The maximum Gasteiger partial charge on any atom is 0.228 e. The Hall–Kier alpha value is -1.93. The molecular weight excluding hydrogens is 322 g/mol. The standard InChI is InChI=1S/C17H25N5O3/c23-17(14-1-8-25-12-14)22-4-2-20(3-5-22)15-11-16(19-13-18-15)21-6-9-24-10-7-21/h11,13-14H,1-10,12H2. The van der Waals surface area contributed by atoms with Gasteiger partial charge < -0.3 is 24.2 Å². The summed E-state index contributed by atoms with van der Waals surface area (Å²) in [6, 6.07) is 2.05. The quantitative estimate of drug-likeness (QED) is 0.762. The van der Waals surface area contributed by atoms with Crippen LogP contribution in [0.1, 0.15) is 6.42 Å². The predicted molar refractivity (Wildman–Crippen MR) is 92.8 cm³/mol. The van der Waals surface area contributed by atoms with Gasteiger partial charge >= 0.3 is 0 Å². The van der Waals surface area contributed by atoms with E-state index in [2.05, 4.69) is 19.8 Å². The van der Waals surface area contributed by atoms with Crippen LogP contribution in [0.4, 0.5) is 11.6 Å². The molecule has 0 aliphatic carbocycles. The second kappa shape index (κ2) is 7.53. The number of carbonyl (C=O) groups is 1. The molecule has 1 aromatic rings. The number of carbonyl (C=O) groups excluding carboxylic acids is 1. The molecule has 25 heavy (non-hydrogen) atoms. The van der Waals surface area contributed by atoms with Crippen molar-refractivity contribution in [2.24, 2.45) is 5.92 Å². The smallest absolute Gasteiger partial charge is 0.228 e. The van der Waals surface area contributed by atoms with Crippen molar-refractivity contribution in [3.05, 3.63) is 12.4 Å². The van der Waals surface area contributed by atoms with Gasteiger partial charge in [0, 0.05) is 51.9 Å². The topological polar surface area (TPSA) is 71.0 Å². The molecule has 4 rings (SSSR count). The van der Waals surface area contributed by atoms with E-state index in [9.17, 15) is 4.79 Å². The molecule has 1 atom stereocenters. The maximum atomic E-state index is 12.5. The van der Waals surface area contributed by atoms with Gasteiger partial charge in [-0.2, -0.15) is 0 Å². The number of piperazine rings is 1. The van der Waals surface area contributed by atoms with E-state index >= 15 is 0 Å². The minimum absolute atomic E-state index is 0.0542.